The monoisotopic (exact) mass is 959 g/mol. The molecule has 0 saturated heterocycles. The summed E-state index contributed by atoms with van der Waals surface area (Å²) in [6.07, 6.45) is 17.6. The van der Waals surface area contributed by atoms with Crippen LogP contribution in [-0.4, -0.2) is 55.1 Å². The Morgan fingerprint density at radius 3 is 1.42 bits per heavy atom. The van der Waals surface area contributed by atoms with E-state index in [1.54, 1.807) is 70.5 Å². The number of pyridine rings is 3. The summed E-state index contributed by atoms with van der Waals surface area (Å²) in [5.41, 5.74) is 10.0. The highest BCUT2D eigenvalue weighted by Gasteiger charge is 2.33. The average Bonchev–Trinajstić information content (AvgIpc) is 3.32. The van der Waals surface area contributed by atoms with E-state index in [0.29, 0.717) is 49.0 Å². The SMILES string of the molecule is CCc1cc(C)cc(CC)c1C1=C(O)CC(CCSc2ccncc2)CC1=O.CCc1cc(C)cc(CC)c1C1=C(OC(C)=O)CC(CCO)CC1=O.c1cc(SSc2ccncc2)ccn1. The predicted molar refractivity (Wildman–Crippen MR) is 275 cm³/mol. The van der Waals surface area contributed by atoms with E-state index in [-0.39, 0.29) is 35.8 Å². The molecule has 12 heteroatoms. The van der Waals surface area contributed by atoms with Gasteiger partial charge in [0.15, 0.2) is 11.6 Å². The molecular weight excluding hydrogens is 895 g/mol. The highest BCUT2D eigenvalue weighted by molar-refractivity contribution is 8.76. The Morgan fingerprint density at radius 1 is 0.612 bits per heavy atom. The molecule has 0 amide bonds. The molecule has 67 heavy (non-hydrogen) atoms. The maximum absolute atomic E-state index is 13.0. The Balaban J connectivity index is 0.000000198. The largest absolute Gasteiger partial charge is 0.512 e. The number of carbonyl (C=O) groups excluding carboxylic acids is 3. The molecule has 0 radical (unpaired) electrons. The molecule has 2 unspecified atom stereocenters. The van der Waals surface area contributed by atoms with Gasteiger partial charge in [-0.15, -0.1) is 11.8 Å². The minimum atomic E-state index is -0.409. The summed E-state index contributed by atoms with van der Waals surface area (Å²) in [4.78, 5) is 53.2. The molecule has 7 rings (SSSR count). The zero-order chi connectivity index (χ0) is 48.3. The molecule has 0 fully saturated rings. The number of aromatic nitrogens is 3. The van der Waals surface area contributed by atoms with E-state index in [4.69, 9.17) is 4.74 Å². The number of aliphatic hydroxyl groups excluding tert-OH is 2. The van der Waals surface area contributed by atoms with Gasteiger partial charge in [0.25, 0.3) is 0 Å². The highest BCUT2D eigenvalue weighted by atomic mass is 33.1. The lowest BCUT2D eigenvalue weighted by atomic mass is 9.79. The fourth-order valence-electron chi connectivity index (χ4n) is 8.65. The van der Waals surface area contributed by atoms with Crippen molar-refractivity contribution in [2.24, 2.45) is 11.8 Å². The number of ketones is 2. The molecular formula is C55H65N3O6S3. The molecule has 2 aliphatic carbocycles. The molecule has 3 heterocycles. The van der Waals surface area contributed by atoms with E-state index in [2.05, 4.69) is 80.8 Å². The van der Waals surface area contributed by atoms with Crippen LogP contribution in [0.2, 0.25) is 0 Å². The van der Waals surface area contributed by atoms with Crippen molar-refractivity contribution in [1.82, 2.24) is 15.0 Å². The van der Waals surface area contributed by atoms with Gasteiger partial charge < -0.3 is 14.9 Å². The van der Waals surface area contributed by atoms with Crippen LogP contribution in [0.1, 0.15) is 118 Å². The lowest BCUT2D eigenvalue weighted by Crippen LogP contribution is -2.23. The summed E-state index contributed by atoms with van der Waals surface area (Å²) in [5.74, 6) is 1.62. The van der Waals surface area contributed by atoms with Crippen LogP contribution in [0.5, 0.6) is 0 Å². The summed E-state index contributed by atoms with van der Waals surface area (Å²) in [6, 6.07) is 20.5. The van der Waals surface area contributed by atoms with Crippen molar-refractivity contribution in [3.63, 3.8) is 0 Å². The molecule has 2 N–H and O–H groups in total. The predicted octanol–water partition coefficient (Wildman–Crippen LogP) is 13.0. The number of ether oxygens (including phenoxy) is 1. The van der Waals surface area contributed by atoms with Gasteiger partial charge >= 0.3 is 5.97 Å². The number of rotatable bonds is 16. The van der Waals surface area contributed by atoms with E-state index < -0.39 is 5.97 Å². The third kappa shape index (κ3) is 15.5. The summed E-state index contributed by atoms with van der Waals surface area (Å²) >= 11 is 1.78. The first-order valence-corrected chi connectivity index (χ1v) is 26.5. The van der Waals surface area contributed by atoms with Crippen LogP contribution in [0.4, 0.5) is 0 Å². The normalized spacial score (nSPS) is 15.9. The molecule has 354 valence electrons. The third-order valence-electron chi connectivity index (χ3n) is 11.7. The molecule has 0 bridgehead atoms. The molecule has 0 aliphatic heterocycles. The topological polar surface area (TPSA) is 140 Å². The lowest BCUT2D eigenvalue weighted by molar-refractivity contribution is -0.137. The van der Waals surface area contributed by atoms with Crippen molar-refractivity contribution in [3.8, 4) is 0 Å². The number of hydrogen-bond donors (Lipinski definition) is 2. The number of nitrogens with zero attached hydrogens (tertiary/aromatic N) is 3. The second-order valence-corrected chi connectivity index (χ2v) is 20.2. The van der Waals surface area contributed by atoms with Gasteiger partial charge in [-0.05, 0) is 140 Å². The average molecular weight is 960 g/mol. The second kappa shape index (κ2) is 27.1. The minimum absolute atomic E-state index is 0.00852. The van der Waals surface area contributed by atoms with E-state index in [1.807, 2.05) is 36.4 Å². The molecule has 9 nitrogen and oxygen atoms in total. The van der Waals surface area contributed by atoms with Crippen molar-refractivity contribution in [2.75, 3.05) is 12.4 Å². The summed E-state index contributed by atoms with van der Waals surface area (Å²) in [6.45, 7) is 13.9. The maximum atomic E-state index is 13.0. The number of thioether (sulfide) groups is 1. The quantitative estimate of drug-likeness (QED) is 0.0553. The second-order valence-electron chi connectivity index (χ2n) is 16.8. The van der Waals surface area contributed by atoms with Crippen LogP contribution >= 0.6 is 33.3 Å². The van der Waals surface area contributed by atoms with Crippen LogP contribution in [0.3, 0.4) is 0 Å². The summed E-state index contributed by atoms with van der Waals surface area (Å²) < 4.78 is 5.47. The first-order chi connectivity index (χ1) is 32.4. The van der Waals surface area contributed by atoms with Crippen LogP contribution in [0.15, 0.2) is 124 Å². The number of carbonyl (C=O) groups is 3. The van der Waals surface area contributed by atoms with Crippen LogP contribution in [0.25, 0.3) is 11.1 Å². The Hall–Kier alpha value is -5.01. The Labute approximate surface area is 409 Å². The Bertz CT molecular complexity index is 2410. The minimum Gasteiger partial charge on any atom is -0.512 e. The number of Topliss-reactive ketones (excluding diaryl/α,β-unsaturated/α-hetero) is 2. The number of aryl methyl sites for hydroxylation is 6. The molecule has 2 aromatic carbocycles. The van der Waals surface area contributed by atoms with Gasteiger partial charge in [-0.3, -0.25) is 29.3 Å². The van der Waals surface area contributed by atoms with E-state index in [0.717, 1.165) is 60.1 Å². The maximum Gasteiger partial charge on any atom is 0.307 e. The Morgan fingerprint density at radius 2 is 1.01 bits per heavy atom. The Kier molecular flexibility index (Phi) is 21.4. The van der Waals surface area contributed by atoms with Crippen LogP contribution in [0, 0.1) is 25.7 Å². The van der Waals surface area contributed by atoms with Crippen molar-refractivity contribution in [2.45, 2.75) is 127 Å². The zero-order valence-corrected chi connectivity index (χ0v) is 42.4. The smallest absolute Gasteiger partial charge is 0.307 e. The standard InChI is InChI=1S/C24H29NO2S.C21H28O4.C10H8N2S2/c1-4-18-12-16(3)13-19(5-2)23(18)24-21(26)14-17(15-22(24)27)8-11-28-20-6-9-25-10-7-20;1-5-16-9-13(3)10-17(6-2)20(16)21-18(24)11-15(7-8-22)12-19(21)25-14(4)23;1-5-11-6-2-9(1)13-14-10-3-7-12-8-4-10/h6-7,9-10,12-13,17,26H,4-5,8,11,14-15H2,1-3H3;9-10,15,22H,5-8,11-12H2,1-4H3;1-8H. The number of benzene rings is 2. The van der Waals surface area contributed by atoms with Gasteiger partial charge in [0.05, 0.1) is 11.1 Å². The number of allylic oxidation sites excluding steroid dienone is 4. The molecule has 0 saturated carbocycles. The fourth-order valence-corrected chi connectivity index (χ4v) is 11.6. The molecule has 2 aliphatic rings. The molecule has 5 aromatic rings. The van der Waals surface area contributed by atoms with Crippen molar-refractivity contribution in [1.29, 1.82) is 0 Å². The van der Waals surface area contributed by atoms with Crippen LogP contribution < -0.4 is 0 Å². The zero-order valence-electron chi connectivity index (χ0n) is 40.0. The molecule has 2 atom stereocenters. The number of hydrogen-bond acceptors (Lipinski definition) is 12. The van der Waals surface area contributed by atoms with Gasteiger partial charge in [0.1, 0.15) is 11.5 Å². The van der Waals surface area contributed by atoms with Gasteiger partial charge in [0.2, 0.25) is 0 Å². The summed E-state index contributed by atoms with van der Waals surface area (Å²) in [5, 5.41) is 20.0. The van der Waals surface area contributed by atoms with Crippen molar-refractivity contribution < 1.29 is 29.3 Å². The molecule has 3 aromatic heterocycles. The van der Waals surface area contributed by atoms with Crippen molar-refractivity contribution >= 4 is 62.0 Å². The fraction of sp³-hybridized carbons (Fsp3) is 0.382. The number of esters is 1. The van der Waals surface area contributed by atoms with Gasteiger partial charge in [-0.25, -0.2) is 0 Å². The van der Waals surface area contributed by atoms with E-state index in [9.17, 15) is 24.6 Å². The van der Waals surface area contributed by atoms with E-state index >= 15 is 0 Å². The van der Waals surface area contributed by atoms with Gasteiger partial charge in [-0.1, -0.05) is 84.7 Å². The first kappa shape index (κ1) is 53.0. The van der Waals surface area contributed by atoms with E-state index in [1.165, 1.54) is 43.9 Å². The van der Waals surface area contributed by atoms with Gasteiger partial charge in [-0.2, -0.15) is 0 Å². The van der Waals surface area contributed by atoms with Gasteiger partial charge in [0, 0.05) is 91.1 Å². The highest BCUT2D eigenvalue weighted by Crippen LogP contribution is 2.40. The van der Waals surface area contributed by atoms with Crippen LogP contribution in [-0.2, 0) is 44.8 Å². The van der Waals surface area contributed by atoms with Crippen molar-refractivity contribution in [3.05, 3.63) is 154 Å². The molecule has 0 spiro atoms. The first-order valence-electron chi connectivity index (χ1n) is 23.3. The number of aliphatic hydroxyl groups is 2. The lowest BCUT2D eigenvalue weighted by Gasteiger charge is -2.27. The third-order valence-corrected chi connectivity index (χ3v) is 15.2. The summed E-state index contributed by atoms with van der Waals surface area (Å²) in [7, 11) is 3.44.